The average molecular weight is 549 g/mol. The molecule has 3 rings (SSSR count). The van der Waals surface area contributed by atoms with Crippen molar-refractivity contribution < 1.29 is 9.15 Å². The van der Waals surface area contributed by atoms with Crippen molar-refractivity contribution in [2.75, 3.05) is 34.3 Å². The van der Waals surface area contributed by atoms with Crippen molar-refractivity contribution >= 4 is 29.9 Å². The van der Waals surface area contributed by atoms with Crippen molar-refractivity contribution in [1.29, 1.82) is 0 Å². The standard InChI is InChI=1S/C24H31N5O2.HI/c1-5-25-24(26-15-19-17-31-23(28-19)18-11-7-6-8-12-18)27-16-21(29(2)3)20-13-9-10-14-22(20)30-4;/h6-14,17,21H,5,15-16H2,1-4H3,(H2,25,26,27);1H. The van der Waals surface area contributed by atoms with E-state index in [2.05, 4.69) is 45.7 Å². The lowest BCUT2D eigenvalue weighted by atomic mass is 10.0. The molecule has 1 aromatic heterocycles. The highest BCUT2D eigenvalue weighted by Crippen LogP contribution is 2.27. The minimum absolute atomic E-state index is 0. The first-order chi connectivity index (χ1) is 15.1. The number of benzene rings is 2. The van der Waals surface area contributed by atoms with Crippen LogP contribution >= 0.6 is 24.0 Å². The second-order valence-corrected chi connectivity index (χ2v) is 7.31. The highest BCUT2D eigenvalue weighted by Gasteiger charge is 2.18. The van der Waals surface area contributed by atoms with Gasteiger partial charge in [0.05, 0.1) is 19.7 Å². The zero-order valence-corrected chi connectivity index (χ0v) is 21.4. The summed E-state index contributed by atoms with van der Waals surface area (Å²) < 4.78 is 11.2. The van der Waals surface area contributed by atoms with Crippen LogP contribution in [0.25, 0.3) is 11.5 Å². The van der Waals surface area contributed by atoms with E-state index in [0.29, 0.717) is 19.0 Å². The molecule has 7 nitrogen and oxygen atoms in total. The molecule has 2 aromatic carbocycles. The molecule has 1 unspecified atom stereocenters. The predicted octanol–water partition coefficient (Wildman–Crippen LogP) is 4.33. The summed E-state index contributed by atoms with van der Waals surface area (Å²) in [6.07, 6.45) is 1.66. The summed E-state index contributed by atoms with van der Waals surface area (Å²) in [5.41, 5.74) is 2.86. The second-order valence-electron chi connectivity index (χ2n) is 7.31. The van der Waals surface area contributed by atoms with Crippen LogP contribution in [0.2, 0.25) is 0 Å². The number of likely N-dealkylation sites (N-methyl/N-ethyl adjacent to an activating group) is 1. The van der Waals surface area contributed by atoms with Gasteiger partial charge in [0.1, 0.15) is 17.7 Å². The number of hydrogen-bond donors (Lipinski definition) is 2. The van der Waals surface area contributed by atoms with Crippen LogP contribution in [-0.4, -0.2) is 50.1 Å². The molecule has 0 saturated carbocycles. The van der Waals surface area contributed by atoms with Gasteiger partial charge >= 0.3 is 0 Å². The van der Waals surface area contributed by atoms with E-state index in [-0.39, 0.29) is 30.0 Å². The fourth-order valence-electron chi connectivity index (χ4n) is 3.30. The molecule has 0 aliphatic carbocycles. The van der Waals surface area contributed by atoms with Gasteiger partial charge in [-0.3, -0.25) is 0 Å². The van der Waals surface area contributed by atoms with Gasteiger partial charge in [-0.2, -0.15) is 0 Å². The predicted molar refractivity (Wildman–Crippen MR) is 140 cm³/mol. The minimum atomic E-state index is 0. The van der Waals surface area contributed by atoms with E-state index in [1.807, 2.05) is 55.5 Å². The Morgan fingerprint density at radius 2 is 1.81 bits per heavy atom. The van der Waals surface area contributed by atoms with E-state index in [9.17, 15) is 0 Å². The van der Waals surface area contributed by atoms with Crippen molar-refractivity contribution in [3.05, 3.63) is 72.1 Å². The SMILES string of the molecule is CCNC(=NCc1coc(-c2ccccc2)n1)NCC(c1ccccc1OC)N(C)C.I. The number of guanidine groups is 1. The van der Waals surface area contributed by atoms with Crippen molar-refractivity contribution in [3.8, 4) is 17.2 Å². The number of para-hydroxylation sites is 1. The van der Waals surface area contributed by atoms with Gasteiger partial charge in [0.15, 0.2) is 5.96 Å². The summed E-state index contributed by atoms with van der Waals surface area (Å²) >= 11 is 0. The zero-order chi connectivity index (χ0) is 22.1. The number of hydrogen-bond acceptors (Lipinski definition) is 5. The van der Waals surface area contributed by atoms with Crippen LogP contribution in [0.15, 0.2) is 70.3 Å². The van der Waals surface area contributed by atoms with Gasteiger partial charge < -0.3 is 24.7 Å². The van der Waals surface area contributed by atoms with Crippen molar-refractivity contribution in [3.63, 3.8) is 0 Å². The third-order valence-corrected chi connectivity index (χ3v) is 4.90. The Morgan fingerprint density at radius 3 is 2.50 bits per heavy atom. The first-order valence-corrected chi connectivity index (χ1v) is 10.4. The van der Waals surface area contributed by atoms with Crippen LogP contribution in [-0.2, 0) is 6.54 Å². The normalized spacial score (nSPS) is 12.2. The number of methoxy groups -OCH3 is 1. The van der Waals surface area contributed by atoms with Crippen LogP contribution < -0.4 is 15.4 Å². The van der Waals surface area contributed by atoms with Crippen molar-refractivity contribution in [2.45, 2.75) is 19.5 Å². The summed E-state index contributed by atoms with van der Waals surface area (Å²) in [7, 11) is 5.82. The van der Waals surface area contributed by atoms with Gasteiger partial charge in [0.2, 0.25) is 5.89 Å². The molecule has 8 heteroatoms. The van der Waals surface area contributed by atoms with Gasteiger partial charge in [0.25, 0.3) is 0 Å². The largest absolute Gasteiger partial charge is 0.496 e. The van der Waals surface area contributed by atoms with Crippen LogP contribution in [0.1, 0.15) is 24.2 Å². The summed E-state index contributed by atoms with van der Waals surface area (Å²) in [5, 5.41) is 6.74. The minimum Gasteiger partial charge on any atom is -0.496 e. The van der Waals surface area contributed by atoms with Gasteiger partial charge in [-0.05, 0) is 39.2 Å². The van der Waals surface area contributed by atoms with E-state index in [1.54, 1.807) is 13.4 Å². The molecule has 3 aromatic rings. The van der Waals surface area contributed by atoms with Crippen LogP contribution in [0.3, 0.4) is 0 Å². The van der Waals surface area contributed by atoms with E-state index >= 15 is 0 Å². The molecule has 1 heterocycles. The maximum absolute atomic E-state index is 5.61. The quantitative estimate of drug-likeness (QED) is 0.235. The van der Waals surface area contributed by atoms with Gasteiger partial charge in [0, 0.05) is 24.2 Å². The molecular weight excluding hydrogens is 517 g/mol. The van der Waals surface area contributed by atoms with Gasteiger partial charge in [-0.1, -0.05) is 36.4 Å². The molecule has 172 valence electrons. The smallest absolute Gasteiger partial charge is 0.226 e. The summed E-state index contributed by atoms with van der Waals surface area (Å²) in [6.45, 7) is 3.91. The molecule has 0 bridgehead atoms. The number of halogens is 1. The molecular formula is C24H32IN5O2. The molecule has 0 radical (unpaired) electrons. The molecule has 0 saturated heterocycles. The Bertz CT molecular complexity index is 975. The number of nitrogens with zero attached hydrogens (tertiary/aromatic N) is 3. The Hall–Kier alpha value is -2.59. The molecule has 2 N–H and O–H groups in total. The van der Waals surface area contributed by atoms with Crippen molar-refractivity contribution in [1.82, 2.24) is 20.5 Å². The fraction of sp³-hybridized carbons (Fsp3) is 0.333. The zero-order valence-electron chi connectivity index (χ0n) is 19.0. The lowest BCUT2D eigenvalue weighted by Crippen LogP contribution is -2.41. The van der Waals surface area contributed by atoms with Crippen molar-refractivity contribution in [2.24, 2.45) is 4.99 Å². The first-order valence-electron chi connectivity index (χ1n) is 10.4. The Morgan fingerprint density at radius 1 is 1.09 bits per heavy atom. The van der Waals surface area contributed by atoms with E-state index in [0.717, 1.165) is 35.1 Å². The monoisotopic (exact) mass is 549 g/mol. The maximum atomic E-state index is 5.61. The number of rotatable bonds is 9. The Kier molecular flexibility index (Phi) is 10.5. The molecule has 0 aliphatic rings. The first kappa shape index (κ1) is 25.7. The highest BCUT2D eigenvalue weighted by atomic mass is 127. The second kappa shape index (κ2) is 13.1. The number of nitrogens with one attached hydrogen (secondary N) is 2. The Labute approximate surface area is 207 Å². The summed E-state index contributed by atoms with van der Waals surface area (Å²) in [5.74, 6) is 2.21. The Balaban J connectivity index is 0.00000363. The molecule has 0 fully saturated rings. The van der Waals surface area contributed by atoms with E-state index in [4.69, 9.17) is 9.15 Å². The number of oxazole rings is 1. The maximum Gasteiger partial charge on any atom is 0.226 e. The molecule has 0 spiro atoms. The molecule has 0 aliphatic heterocycles. The highest BCUT2D eigenvalue weighted by molar-refractivity contribution is 14.0. The van der Waals surface area contributed by atoms with E-state index in [1.165, 1.54) is 0 Å². The number of aliphatic imine (C=N–C) groups is 1. The van der Waals surface area contributed by atoms with Crippen LogP contribution in [0.5, 0.6) is 5.75 Å². The topological polar surface area (TPSA) is 74.9 Å². The fourth-order valence-corrected chi connectivity index (χ4v) is 3.30. The van der Waals surface area contributed by atoms with Gasteiger partial charge in [-0.25, -0.2) is 9.98 Å². The molecule has 32 heavy (non-hydrogen) atoms. The average Bonchev–Trinajstić information content (AvgIpc) is 3.27. The van der Waals surface area contributed by atoms with E-state index < -0.39 is 0 Å². The lowest BCUT2D eigenvalue weighted by Gasteiger charge is -2.27. The number of ether oxygens (including phenoxy) is 1. The lowest BCUT2D eigenvalue weighted by molar-refractivity contribution is 0.287. The number of aromatic nitrogens is 1. The summed E-state index contributed by atoms with van der Waals surface area (Å²) in [4.78, 5) is 11.4. The summed E-state index contributed by atoms with van der Waals surface area (Å²) in [6, 6.07) is 18.1. The van der Waals surface area contributed by atoms with Crippen LogP contribution in [0.4, 0.5) is 0 Å². The van der Waals surface area contributed by atoms with Gasteiger partial charge in [-0.15, -0.1) is 24.0 Å². The third kappa shape index (κ3) is 6.96. The third-order valence-electron chi connectivity index (χ3n) is 4.90. The molecule has 1 atom stereocenters. The molecule has 0 amide bonds. The van der Waals surface area contributed by atoms with Crippen LogP contribution in [0, 0.1) is 0 Å².